The molecular formula is C18H26N2O4S. The monoisotopic (exact) mass is 366 g/mol. The molecule has 1 aromatic carbocycles. The molecule has 1 aliphatic carbocycles. The van der Waals surface area contributed by atoms with Crippen LogP contribution in [0.3, 0.4) is 0 Å². The fraction of sp³-hybridized carbons (Fsp3) is 0.611. The Hall–Kier alpha value is -1.60. The number of amides is 1. The molecule has 3 rings (SSSR count). The fourth-order valence-corrected chi connectivity index (χ4v) is 4.83. The van der Waals surface area contributed by atoms with Crippen molar-refractivity contribution in [1.29, 1.82) is 0 Å². The van der Waals surface area contributed by atoms with Crippen LogP contribution in [0.15, 0.2) is 23.1 Å². The van der Waals surface area contributed by atoms with Crippen LogP contribution in [0.4, 0.5) is 5.69 Å². The standard InChI is InChI=1S/C18H26N2O4S/c1-24-17-10-9-15(13-16(17)19-18(21)14-7-6-8-14)25(22,23)20-11-4-2-3-5-12-20/h9-10,13-14H,2-8,11-12H2,1H3,(H,19,21). The molecule has 1 saturated carbocycles. The molecule has 25 heavy (non-hydrogen) atoms. The summed E-state index contributed by atoms with van der Waals surface area (Å²) < 4.78 is 32.7. The average Bonchev–Trinajstić information content (AvgIpc) is 2.82. The summed E-state index contributed by atoms with van der Waals surface area (Å²) in [7, 11) is -2.04. The molecule has 0 atom stereocenters. The molecule has 1 N–H and O–H groups in total. The third kappa shape index (κ3) is 3.98. The predicted molar refractivity (Wildman–Crippen MR) is 96.2 cm³/mol. The molecule has 1 amide bonds. The van der Waals surface area contributed by atoms with Gasteiger partial charge in [-0.15, -0.1) is 0 Å². The van der Waals surface area contributed by atoms with Crippen LogP contribution in [-0.4, -0.2) is 38.8 Å². The molecule has 0 unspecified atom stereocenters. The molecule has 0 aromatic heterocycles. The lowest BCUT2D eigenvalue weighted by Gasteiger charge is -2.25. The largest absolute Gasteiger partial charge is 0.495 e. The van der Waals surface area contributed by atoms with Gasteiger partial charge in [-0.1, -0.05) is 19.3 Å². The zero-order chi connectivity index (χ0) is 17.9. The van der Waals surface area contributed by atoms with Gasteiger partial charge in [-0.3, -0.25) is 4.79 Å². The lowest BCUT2D eigenvalue weighted by Crippen LogP contribution is -2.32. The molecular weight excluding hydrogens is 340 g/mol. The molecule has 2 fully saturated rings. The number of anilines is 1. The van der Waals surface area contributed by atoms with Crippen molar-refractivity contribution < 1.29 is 17.9 Å². The normalized spacial score (nSPS) is 19.7. The van der Waals surface area contributed by atoms with E-state index in [-0.39, 0.29) is 16.7 Å². The summed E-state index contributed by atoms with van der Waals surface area (Å²) in [6, 6.07) is 4.69. The summed E-state index contributed by atoms with van der Waals surface area (Å²) in [4.78, 5) is 12.5. The highest BCUT2D eigenvalue weighted by molar-refractivity contribution is 7.89. The Morgan fingerprint density at radius 3 is 2.36 bits per heavy atom. The van der Waals surface area contributed by atoms with Gasteiger partial charge in [0.15, 0.2) is 0 Å². The van der Waals surface area contributed by atoms with E-state index in [1.165, 1.54) is 13.2 Å². The molecule has 1 saturated heterocycles. The summed E-state index contributed by atoms with van der Waals surface area (Å²) in [6.45, 7) is 1.11. The first kappa shape index (κ1) is 18.2. The molecule has 1 heterocycles. The molecule has 6 nitrogen and oxygen atoms in total. The Bertz CT molecular complexity index is 721. The third-order valence-corrected chi connectivity index (χ3v) is 7.00. The number of hydrogen-bond donors (Lipinski definition) is 1. The molecule has 7 heteroatoms. The molecule has 1 aromatic rings. The quantitative estimate of drug-likeness (QED) is 0.869. The summed E-state index contributed by atoms with van der Waals surface area (Å²) in [5, 5.41) is 2.84. The van der Waals surface area contributed by atoms with Gasteiger partial charge in [0.2, 0.25) is 15.9 Å². The summed E-state index contributed by atoms with van der Waals surface area (Å²) in [6.07, 6.45) is 6.76. The minimum Gasteiger partial charge on any atom is -0.495 e. The van der Waals surface area contributed by atoms with Crippen LogP contribution in [-0.2, 0) is 14.8 Å². The number of methoxy groups -OCH3 is 1. The SMILES string of the molecule is COc1ccc(S(=O)(=O)N2CCCCCC2)cc1NC(=O)C1CCC1. The van der Waals surface area contributed by atoms with Crippen LogP contribution in [0.1, 0.15) is 44.9 Å². The van der Waals surface area contributed by atoms with E-state index in [0.717, 1.165) is 44.9 Å². The van der Waals surface area contributed by atoms with Gasteiger partial charge in [-0.2, -0.15) is 4.31 Å². The summed E-state index contributed by atoms with van der Waals surface area (Å²) in [5.74, 6) is 0.437. The lowest BCUT2D eigenvalue weighted by atomic mass is 9.85. The maximum atomic E-state index is 13.0. The highest BCUT2D eigenvalue weighted by Crippen LogP contribution is 2.32. The predicted octanol–water partition coefficient (Wildman–Crippen LogP) is 3.00. The first-order valence-electron chi connectivity index (χ1n) is 9.01. The number of benzene rings is 1. The topological polar surface area (TPSA) is 75.7 Å². The molecule has 138 valence electrons. The van der Waals surface area contributed by atoms with Gasteiger partial charge in [-0.05, 0) is 43.9 Å². The van der Waals surface area contributed by atoms with Crippen LogP contribution in [0.5, 0.6) is 5.75 Å². The van der Waals surface area contributed by atoms with Gasteiger partial charge in [0.1, 0.15) is 5.75 Å². The van der Waals surface area contributed by atoms with Crippen LogP contribution in [0.2, 0.25) is 0 Å². The maximum absolute atomic E-state index is 13.0. The zero-order valence-corrected chi connectivity index (χ0v) is 15.5. The van der Waals surface area contributed by atoms with Crippen molar-refractivity contribution in [3.8, 4) is 5.75 Å². The molecule has 0 radical (unpaired) electrons. The van der Waals surface area contributed by atoms with E-state index in [4.69, 9.17) is 4.74 Å². The Balaban J connectivity index is 1.85. The number of carbonyl (C=O) groups excluding carboxylic acids is 1. The fourth-order valence-electron chi connectivity index (χ4n) is 3.28. The third-order valence-electron chi connectivity index (χ3n) is 5.11. The van der Waals surface area contributed by atoms with Crippen molar-refractivity contribution in [3.05, 3.63) is 18.2 Å². The van der Waals surface area contributed by atoms with Crippen LogP contribution in [0, 0.1) is 5.92 Å². The Labute approximate surface area is 149 Å². The average molecular weight is 366 g/mol. The minimum absolute atomic E-state index is 0.0237. The van der Waals surface area contributed by atoms with Crippen LogP contribution < -0.4 is 10.1 Å². The van der Waals surface area contributed by atoms with Crippen molar-refractivity contribution in [3.63, 3.8) is 0 Å². The highest BCUT2D eigenvalue weighted by Gasteiger charge is 2.28. The number of nitrogens with zero attached hydrogens (tertiary/aromatic N) is 1. The van der Waals surface area contributed by atoms with E-state index in [1.54, 1.807) is 16.4 Å². The summed E-state index contributed by atoms with van der Waals surface area (Å²) in [5.41, 5.74) is 0.426. The first-order chi connectivity index (χ1) is 12.0. The van der Waals surface area contributed by atoms with Gasteiger partial charge in [0, 0.05) is 19.0 Å². The van der Waals surface area contributed by atoms with Gasteiger partial charge in [0.25, 0.3) is 0 Å². The van der Waals surface area contributed by atoms with E-state index in [1.807, 2.05) is 0 Å². The minimum atomic E-state index is -3.55. The van der Waals surface area contributed by atoms with Crippen molar-refractivity contribution in [2.24, 2.45) is 5.92 Å². The van der Waals surface area contributed by atoms with Crippen molar-refractivity contribution in [2.75, 3.05) is 25.5 Å². The van der Waals surface area contributed by atoms with Crippen molar-refractivity contribution in [1.82, 2.24) is 4.31 Å². The van der Waals surface area contributed by atoms with E-state index >= 15 is 0 Å². The highest BCUT2D eigenvalue weighted by atomic mass is 32.2. The molecule has 0 bridgehead atoms. The van der Waals surface area contributed by atoms with Crippen LogP contribution >= 0.6 is 0 Å². The van der Waals surface area contributed by atoms with Crippen molar-refractivity contribution in [2.45, 2.75) is 49.8 Å². The second-order valence-corrected chi connectivity index (χ2v) is 8.74. The number of carbonyl (C=O) groups is 1. The van der Waals surface area contributed by atoms with E-state index < -0.39 is 10.0 Å². The molecule has 0 spiro atoms. The number of nitrogens with one attached hydrogen (secondary N) is 1. The van der Waals surface area contributed by atoms with Gasteiger partial charge >= 0.3 is 0 Å². The zero-order valence-electron chi connectivity index (χ0n) is 14.7. The number of rotatable bonds is 5. The Morgan fingerprint density at radius 1 is 1.12 bits per heavy atom. The van der Waals surface area contributed by atoms with Crippen LogP contribution in [0.25, 0.3) is 0 Å². The molecule has 2 aliphatic rings. The lowest BCUT2D eigenvalue weighted by molar-refractivity contribution is -0.122. The number of ether oxygens (including phenoxy) is 1. The number of hydrogen-bond acceptors (Lipinski definition) is 4. The van der Waals surface area contributed by atoms with Crippen molar-refractivity contribution >= 4 is 21.6 Å². The second kappa shape index (κ2) is 7.74. The smallest absolute Gasteiger partial charge is 0.243 e. The Morgan fingerprint density at radius 2 is 1.80 bits per heavy atom. The maximum Gasteiger partial charge on any atom is 0.243 e. The second-order valence-electron chi connectivity index (χ2n) is 6.80. The first-order valence-corrected chi connectivity index (χ1v) is 10.5. The van der Waals surface area contributed by atoms with Gasteiger partial charge < -0.3 is 10.1 Å². The van der Waals surface area contributed by atoms with E-state index in [9.17, 15) is 13.2 Å². The molecule has 1 aliphatic heterocycles. The summed E-state index contributed by atoms with van der Waals surface area (Å²) >= 11 is 0. The van der Waals surface area contributed by atoms with Gasteiger partial charge in [-0.25, -0.2) is 8.42 Å². The Kier molecular flexibility index (Phi) is 5.64. The van der Waals surface area contributed by atoms with E-state index in [2.05, 4.69) is 5.32 Å². The van der Waals surface area contributed by atoms with Gasteiger partial charge in [0.05, 0.1) is 17.7 Å². The van der Waals surface area contributed by atoms with E-state index in [0.29, 0.717) is 24.5 Å². The number of sulfonamides is 1.